The van der Waals surface area contributed by atoms with Crippen LogP contribution in [0.5, 0.6) is 0 Å². The molecule has 0 aromatic carbocycles. The molecule has 104 valence electrons. The van der Waals surface area contributed by atoms with Crippen LogP contribution < -0.4 is 5.32 Å². The Hall–Kier alpha value is -0.720. The van der Waals surface area contributed by atoms with Gasteiger partial charge in [-0.15, -0.1) is 0 Å². The lowest BCUT2D eigenvalue weighted by atomic mass is 10.0. The molecule has 0 amide bonds. The summed E-state index contributed by atoms with van der Waals surface area (Å²) in [6.45, 7) is 4.12. The molecule has 0 radical (unpaired) electrons. The van der Waals surface area contributed by atoms with Crippen LogP contribution in [0.3, 0.4) is 0 Å². The number of anilines is 1. The number of likely N-dealkylation sites (tertiary alicyclic amines) is 1. The zero-order chi connectivity index (χ0) is 13.1. The fourth-order valence-corrected chi connectivity index (χ4v) is 2.99. The molecule has 2 aliphatic heterocycles. The van der Waals surface area contributed by atoms with Crippen LogP contribution in [0.1, 0.15) is 19.3 Å². The molecule has 1 atom stereocenters. The number of piperidine rings is 1. The molecule has 3 heterocycles. The highest BCUT2D eigenvalue weighted by atomic mass is 79.9. The zero-order valence-corrected chi connectivity index (χ0v) is 12.5. The van der Waals surface area contributed by atoms with Crippen LogP contribution in [0.25, 0.3) is 0 Å². The number of rotatable bonds is 3. The molecule has 6 heteroatoms. The van der Waals surface area contributed by atoms with E-state index in [1.807, 2.05) is 0 Å². The van der Waals surface area contributed by atoms with Crippen LogP contribution in [0.2, 0.25) is 0 Å². The number of nitrogens with one attached hydrogen (secondary N) is 1. The lowest BCUT2D eigenvalue weighted by Gasteiger charge is -2.35. The molecule has 2 aliphatic rings. The Morgan fingerprint density at radius 3 is 2.58 bits per heavy atom. The summed E-state index contributed by atoms with van der Waals surface area (Å²) in [5.74, 6) is 0.728. The molecule has 0 bridgehead atoms. The minimum absolute atomic E-state index is 0.486. The minimum atomic E-state index is 0.486. The summed E-state index contributed by atoms with van der Waals surface area (Å²) in [5, 5.41) is 3.42. The minimum Gasteiger partial charge on any atom is -0.380 e. The normalized spacial score (nSPS) is 25.6. The molecule has 0 spiro atoms. The first-order valence-electron chi connectivity index (χ1n) is 6.87. The van der Waals surface area contributed by atoms with Gasteiger partial charge in [0, 0.05) is 44.2 Å². The number of nitrogens with zero attached hydrogens (tertiary/aromatic N) is 3. The van der Waals surface area contributed by atoms with Crippen molar-refractivity contribution in [2.45, 2.75) is 31.3 Å². The number of ether oxygens (including phenoxy) is 1. The average molecular weight is 327 g/mol. The fraction of sp³-hybridized carbons (Fsp3) is 0.692. The fourth-order valence-electron chi connectivity index (χ4n) is 2.79. The van der Waals surface area contributed by atoms with E-state index in [9.17, 15) is 0 Å². The second-order valence-electron chi connectivity index (χ2n) is 5.20. The van der Waals surface area contributed by atoms with E-state index in [1.54, 1.807) is 12.4 Å². The summed E-state index contributed by atoms with van der Waals surface area (Å²) in [6, 6.07) is 1.13. The average Bonchev–Trinajstić information content (AvgIpc) is 2.96. The van der Waals surface area contributed by atoms with Gasteiger partial charge < -0.3 is 10.1 Å². The van der Waals surface area contributed by atoms with Crippen molar-refractivity contribution in [3.63, 3.8) is 0 Å². The lowest BCUT2D eigenvalue weighted by Crippen LogP contribution is -2.45. The second-order valence-corrected chi connectivity index (χ2v) is 6.11. The monoisotopic (exact) mass is 326 g/mol. The van der Waals surface area contributed by atoms with Crippen molar-refractivity contribution in [3.8, 4) is 0 Å². The van der Waals surface area contributed by atoms with Gasteiger partial charge in [0.2, 0.25) is 5.95 Å². The summed E-state index contributed by atoms with van der Waals surface area (Å²) in [4.78, 5) is 11.1. The van der Waals surface area contributed by atoms with Crippen LogP contribution in [-0.2, 0) is 4.74 Å². The van der Waals surface area contributed by atoms with E-state index in [4.69, 9.17) is 4.74 Å². The van der Waals surface area contributed by atoms with Crippen molar-refractivity contribution >= 4 is 21.9 Å². The van der Waals surface area contributed by atoms with E-state index in [0.29, 0.717) is 12.1 Å². The predicted molar refractivity (Wildman–Crippen MR) is 77.2 cm³/mol. The second kappa shape index (κ2) is 6.15. The summed E-state index contributed by atoms with van der Waals surface area (Å²) < 4.78 is 6.37. The Morgan fingerprint density at radius 2 is 1.95 bits per heavy atom. The van der Waals surface area contributed by atoms with Gasteiger partial charge in [0.15, 0.2) is 0 Å². The number of hydrogen-bond acceptors (Lipinski definition) is 5. The molecule has 1 N–H and O–H groups in total. The highest BCUT2D eigenvalue weighted by Gasteiger charge is 2.27. The molecule has 1 aromatic heterocycles. The first kappa shape index (κ1) is 13.3. The molecule has 1 unspecified atom stereocenters. The Kier molecular flexibility index (Phi) is 4.30. The maximum atomic E-state index is 5.46. The first-order valence-corrected chi connectivity index (χ1v) is 7.66. The Balaban J connectivity index is 1.48. The number of hydrogen-bond donors (Lipinski definition) is 1. The maximum Gasteiger partial charge on any atom is 0.222 e. The number of aromatic nitrogens is 2. The highest BCUT2D eigenvalue weighted by Crippen LogP contribution is 2.20. The molecular formula is C13H19BrN4O. The van der Waals surface area contributed by atoms with Crippen LogP contribution >= 0.6 is 15.9 Å². The molecule has 2 saturated heterocycles. The SMILES string of the molecule is Brc1cnc(NC2CCN(C3CCOC3)CC2)nc1. The van der Waals surface area contributed by atoms with Gasteiger partial charge in [0.05, 0.1) is 11.1 Å². The van der Waals surface area contributed by atoms with Gasteiger partial charge in [-0.2, -0.15) is 0 Å². The smallest absolute Gasteiger partial charge is 0.222 e. The van der Waals surface area contributed by atoms with Crippen molar-refractivity contribution in [2.75, 3.05) is 31.6 Å². The van der Waals surface area contributed by atoms with Crippen molar-refractivity contribution in [2.24, 2.45) is 0 Å². The van der Waals surface area contributed by atoms with E-state index in [1.165, 1.54) is 6.42 Å². The molecular weight excluding hydrogens is 308 g/mol. The van der Waals surface area contributed by atoms with Crippen molar-refractivity contribution in [1.29, 1.82) is 0 Å². The van der Waals surface area contributed by atoms with Gasteiger partial charge >= 0.3 is 0 Å². The van der Waals surface area contributed by atoms with Gasteiger partial charge in [0.1, 0.15) is 0 Å². The standard InChI is InChI=1S/C13H19BrN4O/c14-10-7-15-13(16-8-10)17-11-1-4-18(5-2-11)12-3-6-19-9-12/h7-8,11-12H,1-6,9H2,(H,15,16,17). The van der Waals surface area contributed by atoms with Crippen LogP contribution in [0.15, 0.2) is 16.9 Å². The summed E-state index contributed by atoms with van der Waals surface area (Å²) in [6.07, 6.45) is 7.04. The van der Waals surface area contributed by atoms with E-state index >= 15 is 0 Å². The predicted octanol–water partition coefficient (Wildman–Crippen LogP) is 1.90. The Bertz CT molecular complexity index is 400. The maximum absolute atomic E-state index is 5.46. The van der Waals surface area contributed by atoms with Crippen LogP contribution in [-0.4, -0.2) is 53.3 Å². The molecule has 1 aromatic rings. The topological polar surface area (TPSA) is 50.3 Å². The third-order valence-corrected chi connectivity index (χ3v) is 4.31. The van der Waals surface area contributed by atoms with E-state index in [-0.39, 0.29) is 0 Å². The van der Waals surface area contributed by atoms with E-state index in [0.717, 1.165) is 49.6 Å². The quantitative estimate of drug-likeness (QED) is 0.919. The lowest BCUT2D eigenvalue weighted by molar-refractivity contribution is 0.124. The third-order valence-electron chi connectivity index (χ3n) is 3.91. The summed E-state index contributed by atoms with van der Waals surface area (Å²) in [5.41, 5.74) is 0. The van der Waals surface area contributed by atoms with Gasteiger partial charge in [-0.25, -0.2) is 9.97 Å². The zero-order valence-electron chi connectivity index (χ0n) is 10.9. The van der Waals surface area contributed by atoms with Crippen LogP contribution in [0.4, 0.5) is 5.95 Å². The molecule has 0 aliphatic carbocycles. The first-order chi connectivity index (χ1) is 9.31. The summed E-state index contributed by atoms with van der Waals surface area (Å²) in [7, 11) is 0. The van der Waals surface area contributed by atoms with Crippen molar-refractivity contribution < 1.29 is 4.74 Å². The van der Waals surface area contributed by atoms with Crippen molar-refractivity contribution in [1.82, 2.24) is 14.9 Å². The van der Waals surface area contributed by atoms with E-state index in [2.05, 4.69) is 36.1 Å². The molecule has 19 heavy (non-hydrogen) atoms. The van der Waals surface area contributed by atoms with Gasteiger partial charge in [0.25, 0.3) is 0 Å². The van der Waals surface area contributed by atoms with Gasteiger partial charge in [-0.3, -0.25) is 4.90 Å². The molecule has 0 saturated carbocycles. The molecule has 3 rings (SSSR count). The third kappa shape index (κ3) is 3.43. The summed E-state index contributed by atoms with van der Waals surface area (Å²) >= 11 is 3.34. The van der Waals surface area contributed by atoms with Crippen molar-refractivity contribution in [3.05, 3.63) is 16.9 Å². The van der Waals surface area contributed by atoms with E-state index < -0.39 is 0 Å². The Morgan fingerprint density at radius 1 is 1.21 bits per heavy atom. The van der Waals surface area contributed by atoms with Crippen LogP contribution in [0, 0.1) is 0 Å². The number of halogens is 1. The van der Waals surface area contributed by atoms with Gasteiger partial charge in [-0.05, 0) is 35.2 Å². The Labute approximate surface area is 121 Å². The molecule has 5 nitrogen and oxygen atoms in total. The largest absolute Gasteiger partial charge is 0.380 e. The van der Waals surface area contributed by atoms with Gasteiger partial charge in [-0.1, -0.05) is 0 Å². The highest BCUT2D eigenvalue weighted by molar-refractivity contribution is 9.10. The molecule has 2 fully saturated rings.